The van der Waals surface area contributed by atoms with Gasteiger partial charge >= 0.3 is 0 Å². The molecule has 0 radical (unpaired) electrons. The quantitative estimate of drug-likeness (QED) is 0.509. The highest BCUT2D eigenvalue weighted by Gasteiger charge is 2.19. The maximum atomic E-state index is 12.9. The molecule has 1 N–H and O–H groups in total. The van der Waals surface area contributed by atoms with Crippen LogP contribution in [-0.4, -0.2) is 58.6 Å². The maximum Gasteiger partial charge on any atom is 0.224 e. The number of fused-ring (bicyclic) bond motifs is 3. The van der Waals surface area contributed by atoms with E-state index in [1.165, 1.54) is 0 Å². The molecule has 0 spiro atoms. The van der Waals surface area contributed by atoms with Gasteiger partial charge in [0.2, 0.25) is 5.91 Å². The average Bonchev–Trinajstić information content (AvgIpc) is 3.19. The van der Waals surface area contributed by atoms with Gasteiger partial charge in [-0.1, -0.05) is 24.3 Å². The van der Waals surface area contributed by atoms with Gasteiger partial charge in [0, 0.05) is 49.4 Å². The standard InChI is InChI=1S/C26H30N6O/c1-18-20(19(2)32-26(27-18)21-8-4-5-9-22(21)29-32)12-13-25(33)28-23-10-6-7-11-24(23)31-16-14-30(3)15-17-31/h4-11H,12-17H2,1-3H3,(H,28,33). The van der Waals surface area contributed by atoms with Crippen molar-refractivity contribution in [2.45, 2.75) is 26.7 Å². The molecule has 0 atom stereocenters. The summed E-state index contributed by atoms with van der Waals surface area (Å²) in [6.07, 6.45) is 1.02. The molecule has 0 saturated carbocycles. The van der Waals surface area contributed by atoms with Gasteiger partial charge in [-0.2, -0.15) is 5.10 Å². The van der Waals surface area contributed by atoms with Gasteiger partial charge in [0.1, 0.15) is 0 Å². The first kappa shape index (κ1) is 21.4. The Hall–Kier alpha value is -3.45. The number of benzene rings is 2. The van der Waals surface area contributed by atoms with E-state index in [0.717, 1.165) is 71.1 Å². The number of rotatable bonds is 5. The molecule has 33 heavy (non-hydrogen) atoms. The Kier molecular flexibility index (Phi) is 5.72. The van der Waals surface area contributed by atoms with Crippen molar-refractivity contribution >= 4 is 33.8 Å². The minimum Gasteiger partial charge on any atom is -0.367 e. The van der Waals surface area contributed by atoms with Crippen LogP contribution in [-0.2, 0) is 11.2 Å². The first-order valence-corrected chi connectivity index (χ1v) is 11.6. The zero-order valence-corrected chi connectivity index (χ0v) is 19.5. The third-order valence-electron chi connectivity index (χ3n) is 6.64. The van der Waals surface area contributed by atoms with Crippen LogP contribution in [0.5, 0.6) is 0 Å². The van der Waals surface area contributed by atoms with Crippen LogP contribution in [0.25, 0.3) is 16.6 Å². The van der Waals surface area contributed by atoms with Gasteiger partial charge in [-0.3, -0.25) is 4.79 Å². The molecular formula is C26H30N6O. The number of anilines is 2. The Balaban J connectivity index is 1.32. The second-order valence-electron chi connectivity index (χ2n) is 8.87. The lowest BCUT2D eigenvalue weighted by Gasteiger charge is -2.35. The van der Waals surface area contributed by atoms with E-state index < -0.39 is 0 Å². The molecule has 5 rings (SSSR count). The smallest absolute Gasteiger partial charge is 0.224 e. The lowest BCUT2D eigenvalue weighted by molar-refractivity contribution is -0.116. The number of hydrogen-bond acceptors (Lipinski definition) is 5. The van der Waals surface area contributed by atoms with Crippen LogP contribution in [0, 0.1) is 13.8 Å². The van der Waals surface area contributed by atoms with Crippen molar-refractivity contribution < 1.29 is 4.79 Å². The predicted octanol–water partition coefficient (Wildman–Crippen LogP) is 3.82. The Morgan fingerprint density at radius 1 is 1.00 bits per heavy atom. The molecule has 170 valence electrons. The van der Waals surface area contributed by atoms with Crippen molar-refractivity contribution in [3.05, 3.63) is 65.5 Å². The summed E-state index contributed by atoms with van der Waals surface area (Å²) in [5.41, 5.74) is 6.86. The monoisotopic (exact) mass is 442 g/mol. The fourth-order valence-corrected chi connectivity index (χ4v) is 4.69. The van der Waals surface area contributed by atoms with Crippen LogP contribution in [0.1, 0.15) is 23.4 Å². The minimum atomic E-state index is 0.0149. The van der Waals surface area contributed by atoms with Crippen molar-refractivity contribution in [2.24, 2.45) is 0 Å². The predicted molar refractivity (Wildman–Crippen MR) is 133 cm³/mol. The summed E-state index contributed by atoms with van der Waals surface area (Å²) in [5, 5.41) is 8.92. The van der Waals surface area contributed by atoms with E-state index in [2.05, 4.69) is 41.2 Å². The molecule has 4 aromatic rings. The number of carbonyl (C=O) groups is 1. The van der Waals surface area contributed by atoms with Crippen LogP contribution in [0.15, 0.2) is 48.5 Å². The lowest BCUT2D eigenvalue weighted by Crippen LogP contribution is -2.44. The zero-order valence-electron chi connectivity index (χ0n) is 19.5. The molecule has 1 aliphatic rings. The fraction of sp³-hybridized carbons (Fsp3) is 0.346. The van der Waals surface area contributed by atoms with Gasteiger partial charge in [-0.25, -0.2) is 9.50 Å². The number of amides is 1. The number of para-hydroxylation sites is 2. The summed E-state index contributed by atoms with van der Waals surface area (Å²) in [7, 11) is 2.15. The van der Waals surface area contributed by atoms with Crippen molar-refractivity contribution in [3.63, 3.8) is 0 Å². The zero-order chi connectivity index (χ0) is 22.9. The second-order valence-corrected chi connectivity index (χ2v) is 8.87. The van der Waals surface area contributed by atoms with Crippen molar-refractivity contribution in [1.82, 2.24) is 19.5 Å². The first-order chi connectivity index (χ1) is 16.0. The molecule has 2 aromatic heterocycles. The largest absolute Gasteiger partial charge is 0.367 e. The number of hydrogen-bond donors (Lipinski definition) is 1. The summed E-state index contributed by atoms with van der Waals surface area (Å²) in [5.74, 6) is 0.0149. The SMILES string of the molecule is Cc1nc2c3ccccc3nn2c(C)c1CCC(=O)Nc1ccccc1N1CCN(C)CC1. The van der Waals surface area contributed by atoms with Crippen molar-refractivity contribution in [2.75, 3.05) is 43.4 Å². The second kappa shape index (κ2) is 8.83. The highest BCUT2D eigenvalue weighted by atomic mass is 16.1. The lowest BCUT2D eigenvalue weighted by atomic mass is 10.1. The molecule has 1 amide bonds. The molecule has 1 fully saturated rings. The number of piperazine rings is 1. The molecule has 1 aliphatic heterocycles. The van der Waals surface area contributed by atoms with Crippen LogP contribution in [0.2, 0.25) is 0 Å². The first-order valence-electron chi connectivity index (χ1n) is 11.6. The van der Waals surface area contributed by atoms with E-state index in [9.17, 15) is 4.79 Å². The van der Waals surface area contributed by atoms with Crippen molar-refractivity contribution in [1.29, 1.82) is 0 Å². The van der Waals surface area contributed by atoms with Crippen LogP contribution in [0.3, 0.4) is 0 Å². The Labute approximate surface area is 194 Å². The van der Waals surface area contributed by atoms with Gasteiger partial charge in [-0.05, 0) is 57.1 Å². The maximum absolute atomic E-state index is 12.9. The van der Waals surface area contributed by atoms with E-state index in [1.54, 1.807) is 0 Å². The molecule has 0 aliphatic carbocycles. The number of nitrogens with zero attached hydrogens (tertiary/aromatic N) is 5. The van der Waals surface area contributed by atoms with Gasteiger partial charge in [-0.15, -0.1) is 0 Å². The number of aromatic nitrogens is 3. The number of carbonyl (C=O) groups excluding carboxylic acids is 1. The molecule has 1 saturated heterocycles. The number of nitrogens with one attached hydrogen (secondary N) is 1. The van der Waals surface area contributed by atoms with Gasteiger partial charge in [0.15, 0.2) is 5.65 Å². The van der Waals surface area contributed by atoms with E-state index in [4.69, 9.17) is 10.1 Å². The molecular weight excluding hydrogens is 412 g/mol. The molecule has 7 nitrogen and oxygen atoms in total. The molecule has 0 bridgehead atoms. The minimum absolute atomic E-state index is 0.0149. The van der Waals surface area contributed by atoms with E-state index in [-0.39, 0.29) is 5.91 Å². The summed E-state index contributed by atoms with van der Waals surface area (Å²) in [4.78, 5) is 22.4. The average molecular weight is 443 g/mol. The topological polar surface area (TPSA) is 65.8 Å². The Bertz CT molecular complexity index is 1320. The number of likely N-dealkylation sites (N-methyl/N-ethyl adjacent to an activating group) is 1. The van der Waals surface area contributed by atoms with Crippen LogP contribution >= 0.6 is 0 Å². The molecule has 7 heteroatoms. The Morgan fingerprint density at radius 2 is 1.73 bits per heavy atom. The van der Waals surface area contributed by atoms with Crippen LogP contribution < -0.4 is 10.2 Å². The van der Waals surface area contributed by atoms with Crippen molar-refractivity contribution in [3.8, 4) is 0 Å². The van der Waals surface area contributed by atoms with Gasteiger partial charge < -0.3 is 15.1 Å². The van der Waals surface area contributed by atoms with Crippen LogP contribution in [0.4, 0.5) is 11.4 Å². The normalized spacial score (nSPS) is 14.8. The Morgan fingerprint density at radius 3 is 2.55 bits per heavy atom. The fourth-order valence-electron chi connectivity index (χ4n) is 4.69. The molecule has 3 heterocycles. The van der Waals surface area contributed by atoms with Gasteiger partial charge in [0.05, 0.1) is 16.9 Å². The molecule has 0 unspecified atom stereocenters. The van der Waals surface area contributed by atoms with E-state index >= 15 is 0 Å². The van der Waals surface area contributed by atoms with E-state index in [1.807, 2.05) is 47.8 Å². The van der Waals surface area contributed by atoms with E-state index in [0.29, 0.717) is 12.8 Å². The summed E-state index contributed by atoms with van der Waals surface area (Å²) in [6, 6.07) is 16.1. The highest BCUT2D eigenvalue weighted by molar-refractivity contribution is 5.95. The summed E-state index contributed by atoms with van der Waals surface area (Å²) >= 11 is 0. The molecule has 2 aromatic carbocycles. The summed E-state index contributed by atoms with van der Waals surface area (Å²) < 4.78 is 1.91. The number of aryl methyl sites for hydroxylation is 2. The van der Waals surface area contributed by atoms with Gasteiger partial charge in [0.25, 0.3) is 0 Å². The third-order valence-corrected chi connectivity index (χ3v) is 6.64. The highest BCUT2D eigenvalue weighted by Crippen LogP contribution is 2.27. The third kappa shape index (κ3) is 4.16. The summed E-state index contributed by atoms with van der Waals surface area (Å²) in [6.45, 7) is 8.06.